The van der Waals surface area contributed by atoms with Crippen LogP contribution in [-0.2, 0) is 0 Å². The molecule has 2 aliphatic heterocycles. The zero-order valence-electron chi connectivity index (χ0n) is 16.6. The molecule has 2 N–H and O–H groups in total. The Morgan fingerprint density at radius 3 is 2.00 bits per heavy atom. The smallest absolute Gasteiger partial charge is 0.251 e. The molecule has 4 rings (SSSR count). The van der Waals surface area contributed by atoms with Crippen LogP contribution in [0.4, 0.5) is 0 Å². The van der Waals surface area contributed by atoms with Crippen LogP contribution in [-0.4, -0.2) is 44.3 Å². The number of methoxy groups -OCH3 is 2. The number of hydrogen-bond acceptors (Lipinski definition) is 3. The number of hydrogen-bond donors (Lipinski definition) is 2. The summed E-state index contributed by atoms with van der Waals surface area (Å²) in [7, 11) is 3.22. The number of amides is 1. The molecule has 0 radical (unpaired) electrons. The Morgan fingerprint density at radius 1 is 0.889 bits per heavy atom. The van der Waals surface area contributed by atoms with Crippen molar-refractivity contribution < 1.29 is 19.2 Å². The Hall–Kier alpha value is -1.75. The molecule has 1 aromatic carbocycles. The van der Waals surface area contributed by atoms with E-state index < -0.39 is 0 Å². The van der Waals surface area contributed by atoms with Gasteiger partial charge >= 0.3 is 0 Å². The summed E-state index contributed by atoms with van der Waals surface area (Å²) in [5.74, 6) is 1.29. The van der Waals surface area contributed by atoms with E-state index >= 15 is 0 Å². The summed E-state index contributed by atoms with van der Waals surface area (Å²) in [4.78, 5) is 14.8. The maximum Gasteiger partial charge on any atom is 0.251 e. The molecule has 4 atom stereocenters. The van der Waals surface area contributed by atoms with Crippen LogP contribution >= 0.6 is 0 Å². The molecule has 1 saturated carbocycles. The summed E-state index contributed by atoms with van der Waals surface area (Å²) in [5.41, 5.74) is 0.613. The Kier molecular flexibility index (Phi) is 5.58. The van der Waals surface area contributed by atoms with Crippen LogP contribution in [0.2, 0.25) is 0 Å². The summed E-state index contributed by atoms with van der Waals surface area (Å²) < 4.78 is 10.6. The zero-order valence-corrected chi connectivity index (χ0v) is 16.6. The van der Waals surface area contributed by atoms with Crippen LogP contribution in [0.15, 0.2) is 18.2 Å². The predicted molar refractivity (Wildman–Crippen MR) is 105 cm³/mol. The molecule has 2 heterocycles. The van der Waals surface area contributed by atoms with E-state index in [1.165, 1.54) is 44.9 Å². The second kappa shape index (κ2) is 8.09. The Morgan fingerprint density at radius 2 is 1.44 bits per heavy atom. The molecule has 2 bridgehead atoms. The van der Waals surface area contributed by atoms with Gasteiger partial charge in [-0.05, 0) is 57.1 Å². The lowest BCUT2D eigenvalue weighted by atomic mass is 9.80. The highest BCUT2D eigenvalue weighted by atomic mass is 16.5. The van der Waals surface area contributed by atoms with Crippen LogP contribution in [0.3, 0.4) is 0 Å². The number of piperidine rings is 2. The Balaban J connectivity index is 1.44. The monoisotopic (exact) mass is 373 g/mol. The molecule has 148 valence electrons. The third-order valence-electron chi connectivity index (χ3n) is 6.96. The van der Waals surface area contributed by atoms with Crippen LogP contribution < -0.4 is 19.7 Å². The van der Waals surface area contributed by atoms with Crippen molar-refractivity contribution >= 4 is 5.91 Å². The van der Waals surface area contributed by atoms with Gasteiger partial charge < -0.3 is 19.7 Å². The molecule has 3 fully saturated rings. The van der Waals surface area contributed by atoms with E-state index in [1.54, 1.807) is 32.4 Å². The molecule has 1 aliphatic carbocycles. The van der Waals surface area contributed by atoms with Crippen molar-refractivity contribution in [3.05, 3.63) is 23.8 Å². The summed E-state index contributed by atoms with van der Waals surface area (Å²) in [6.45, 7) is 0. The average Bonchev–Trinajstić information content (AvgIpc) is 3.21. The van der Waals surface area contributed by atoms with Crippen molar-refractivity contribution in [1.29, 1.82) is 0 Å². The van der Waals surface area contributed by atoms with Gasteiger partial charge in [0.25, 0.3) is 5.91 Å². The van der Waals surface area contributed by atoms with Crippen LogP contribution in [0.1, 0.15) is 68.1 Å². The van der Waals surface area contributed by atoms with Gasteiger partial charge in [-0.3, -0.25) is 4.79 Å². The topological polar surface area (TPSA) is 52.0 Å². The lowest BCUT2D eigenvalue weighted by Gasteiger charge is -2.48. The number of carbonyl (C=O) groups is 1. The number of fused-ring (bicyclic) bond motifs is 2. The SMILES string of the molecule is COc1cc(OC)cc(C(=O)NC2C[C@H]3CCC[C@@H](C2)[NH+]3C2CCCC2)c1. The van der Waals surface area contributed by atoms with Crippen LogP contribution in [0.25, 0.3) is 0 Å². The van der Waals surface area contributed by atoms with Crippen LogP contribution in [0, 0.1) is 0 Å². The number of quaternary nitrogens is 1. The molecule has 5 nitrogen and oxygen atoms in total. The van der Waals surface area contributed by atoms with Gasteiger partial charge in [0.15, 0.2) is 0 Å². The Labute approximate surface area is 162 Å². The van der Waals surface area contributed by atoms with E-state index in [0.29, 0.717) is 17.1 Å². The van der Waals surface area contributed by atoms with Crippen LogP contribution in [0.5, 0.6) is 11.5 Å². The van der Waals surface area contributed by atoms with Crippen molar-refractivity contribution in [3.63, 3.8) is 0 Å². The maximum atomic E-state index is 12.9. The number of carbonyl (C=O) groups excluding carboxylic acids is 1. The van der Waals surface area contributed by atoms with Gasteiger partial charge in [0.05, 0.1) is 32.3 Å². The molecule has 0 aromatic heterocycles. The fraction of sp³-hybridized carbons (Fsp3) is 0.682. The summed E-state index contributed by atoms with van der Waals surface area (Å²) in [5, 5.41) is 3.31. The third kappa shape index (κ3) is 3.93. The first-order valence-corrected chi connectivity index (χ1v) is 10.6. The van der Waals surface area contributed by atoms with Gasteiger partial charge in [0, 0.05) is 30.5 Å². The first kappa shape index (κ1) is 18.6. The molecule has 2 unspecified atom stereocenters. The molecule has 1 amide bonds. The normalized spacial score (nSPS) is 30.7. The van der Waals surface area contributed by atoms with Crippen molar-refractivity contribution in [3.8, 4) is 11.5 Å². The summed E-state index contributed by atoms with van der Waals surface area (Å²) >= 11 is 0. The van der Waals surface area contributed by atoms with E-state index in [2.05, 4.69) is 5.32 Å². The number of rotatable bonds is 5. The number of ether oxygens (including phenoxy) is 2. The second-order valence-electron chi connectivity index (χ2n) is 8.55. The van der Waals surface area contributed by atoms with Crippen molar-refractivity contribution in [2.45, 2.75) is 82.0 Å². The minimum absolute atomic E-state index is 0.0143. The summed E-state index contributed by atoms with van der Waals surface area (Å²) in [6.07, 6.45) is 11.9. The largest absolute Gasteiger partial charge is 0.497 e. The van der Waals surface area contributed by atoms with E-state index in [-0.39, 0.29) is 11.9 Å². The average molecular weight is 374 g/mol. The zero-order chi connectivity index (χ0) is 18.8. The van der Waals surface area contributed by atoms with Crippen molar-refractivity contribution in [2.75, 3.05) is 14.2 Å². The van der Waals surface area contributed by atoms with Gasteiger partial charge in [0.2, 0.25) is 0 Å². The first-order valence-electron chi connectivity index (χ1n) is 10.6. The highest BCUT2D eigenvalue weighted by Gasteiger charge is 2.46. The minimum atomic E-state index is -0.0143. The minimum Gasteiger partial charge on any atom is -0.497 e. The highest BCUT2D eigenvalue weighted by molar-refractivity contribution is 5.95. The Bertz CT molecular complexity index is 635. The molecule has 3 aliphatic rings. The van der Waals surface area contributed by atoms with E-state index in [1.807, 2.05) is 4.90 Å². The molecule has 2 saturated heterocycles. The van der Waals surface area contributed by atoms with Gasteiger partial charge in [-0.25, -0.2) is 0 Å². The first-order chi connectivity index (χ1) is 13.2. The second-order valence-corrected chi connectivity index (χ2v) is 8.55. The molecule has 5 heteroatoms. The number of nitrogens with one attached hydrogen (secondary N) is 2. The van der Waals surface area contributed by atoms with Crippen molar-refractivity contribution in [1.82, 2.24) is 5.32 Å². The summed E-state index contributed by atoms with van der Waals surface area (Å²) in [6, 6.07) is 7.99. The molecule has 27 heavy (non-hydrogen) atoms. The third-order valence-corrected chi connectivity index (χ3v) is 6.96. The molecule has 1 aromatic rings. The highest BCUT2D eigenvalue weighted by Crippen LogP contribution is 2.27. The van der Waals surface area contributed by atoms with E-state index in [4.69, 9.17) is 9.47 Å². The standard InChI is InChI=1S/C22H32N2O3/c1-26-20-10-15(11-21(14-20)27-2)22(25)23-16-12-18-8-5-9-19(13-16)24(18)17-6-3-4-7-17/h10-11,14,16-19H,3-9,12-13H2,1-2H3,(H,23,25)/p+1/t16?,18-,19+. The fourth-order valence-electron chi connectivity index (χ4n) is 5.82. The van der Waals surface area contributed by atoms with Gasteiger partial charge in [-0.2, -0.15) is 0 Å². The van der Waals surface area contributed by atoms with E-state index in [0.717, 1.165) is 31.0 Å². The quantitative estimate of drug-likeness (QED) is 0.833. The van der Waals surface area contributed by atoms with E-state index in [9.17, 15) is 4.79 Å². The van der Waals surface area contributed by atoms with Gasteiger partial charge in [-0.1, -0.05) is 0 Å². The van der Waals surface area contributed by atoms with Gasteiger partial charge in [0.1, 0.15) is 11.5 Å². The maximum absolute atomic E-state index is 12.9. The molecule has 0 spiro atoms. The molecular formula is C22H33N2O3+. The lowest BCUT2D eigenvalue weighted by Crippen LogP contribution is -3.24. The number of benzene rings is 1. The predicted octanol–water partition coefficient (Wildman–Crippen LogP) is 2.34. The molecular weight excluding hydrogens is 340 g/mol. The fourth-order valence-corrected chi connectivity index (χ4v) is 5.82. The van der Waals surface area contributed by atoms with Crippen molar-refractivity contribution in [2.24, 2.45) is 0 Å². The lowest BCUT2D eigenvalue weighted by molar-refractivity contribution is -0.982. The van der Waals surface area contributed by atoms with Gasteiger partial charge in [-0.15, -0.1) is 0 Å².